The van der Waals surface area contributed by atoms with Crippen LogP contribution in [-0.4, -0.2) is 0 Å². The standard InChI is InChI=1S/C10H20.C2H6/c1-9(2)6-5-7-10(3,4)8-9;1-2/h5-8H2,1-4H3;1-2H3. The van der Waals surface area contributed by atoms with Gasteiger partial charge in [-0.2, -0.15) is 0 Å². The van der Waals surface area contributed by atoms with Crippen molar-refractivity contribution in [1.82, 2.24) is 0 Å². The Labute approximate surface area is 78.8 Å². The predicted octanol–water partition coefficient (Wildman–Crippen LogP) is 4.64. The predicted molar refractivity (Wildman–Crippen MR) is 57.4 cm³/mol. The summed E-state index contributed by atoms with van der Waals surface area (Å²) in [5.74, 6) is 0. The molecule has 0 heterocycles. The maximum absolute atomic E-state index is 2.40. The quantitative estimate of drug-likeness (QED) is 0.497. The van der Waals surface area contributed by atoms with Crippen molar-refractivity contribution in [1.29, 1.82) is 0 Å². The molecule has 1 saturated carbocycles. The molecule has 0 aromatic heterocycles. The van der Waals surface area contributed by atoms with Crippen LogP contribution in [0.3, 0.4) is 0 Å². The van der Waals surface area contributed by atoms with Crippen LogP contribution in [0.5, 0.6) is 0 Å². The largest absolute Gasteiger partial charge is 0.0683 e. The molecule has 0 nitrogen and oxygen atoms in total. The molecule has 0 saturated heterocycles. The summed E-state index contributed by atoms with van der Waals surface area (Å²) in [5, 5.41) is 0. The molecule has 0 heteroatoms. The molecule has 0 N–H and O–H groups in total. The second kappa shape index (κ2) is 4.30. The lowest BCUT2D eigenvalue weighted by molar-refractivity contribution is 0.116. The van der Waals surface area contributed by atoms with Crippen LogP contribution < -0.4 is 0 Å². The molecular weight excluding hydrogens is 144 g/mol. The zero-order chi connectivity index (χ0) is 9.83. The Balaban J connectivity index is 0.000000561. The van der Waals surface area contributed by atoms with E-state index >= 15 is 0 Å². The topological polar surface area (TPSA) is 0 Å². The van der Waals surface area contributed by atoms with Gasteiger partial charge in [0.05, 0.1) is 0 Å². The first-order valence-corrected chi connectivity index (χ1v) is 5.41. The second-order valence-electron chi connectivity index (χ2n) is 5.36. The number of rotatable bonds is 0. The van der Waals surface area contributed by atoms with E-state index in [1.165, 1.54) is 25.7 Å². The highest BCUT2D eigenvalue weighted by Crippen LogP contribution is 2.45. The van der Waals surface area contributed by atoms with E-state index in [9.17, 15) is 0 Å². The van der Waals surface area contributed by atoms with E-state index in [2.05, 4.69) is 27.7 Å². The summed E-state index contributed by atoms with van der Waals surface area (Å²) in [6.45, 7) is 13.6. The molecule has 12 heavy (non-hydrogen) atoms. The Morgan fingerprint density at radius 1 is 0.750 bits per heavy atom. The number of hydrogen-bond donors (Lipinski definition) is 0. The van der Waals surface area contributed by atoms with Gasteiger partial charge in [0, 0.05) is 0 Å². The summed E-state index contributed by atoms with van der Waals surface area (Å²) in [4.78, 5) is 0. The minimum absolute atomic E-state index is 0.613. The third-order valence-corrected chi connectivity index (χ3v) is 2.66. The van der Waals surface area contributed by atoms with Crippen LogP contribution in [0.15, 0.2) is 0 Å². The molecule has 1 fully saturated rings. The Kier molecular flexibility index (Phi) is 4.30. The van der Waals surface area contributed by atoms with Gasteiger partial charge in [0.1, 0.15) is 0 Å². The Bertz CT molecular complexity index is 106. The maximum Gasteiger partial charge on any atom is -0.0349 e. The van der Waals surface area contributed by atoms with Crippen LogP contribution in [0.25, 0.3) is 0 Å². The van der Waals surface area contributed by atoms with Gasteiger partial charge in [0.25, 0.3) is 0 Å². The molecule has 0 aromatic carbocycles. The molecule has 1 rings (SSSR count). The molecule has 0 bridgehead atoms. The second-order valence-corrected chi connectivity index (χ2v) is 5.36. The van der Waals surface area contributed by atoms with Crippen molar-refractivity contribution in [2.24, 2.45) is 10.8 Å². The summed E-state index contributed by atoms with van der Waals surface area (Å²) in [7, 11) is 0. The van der Waals surface area contributed by atoms with E-state index in [-0.39, 0.29) is 0 Å². The van der Waals surface area contributed by atoms with Crippen LogP contribution in [-0.2, 0) is 0 Å². The van der Waals surface area contributed by atoms with E-state index in [1.54, 1.807) is 0 Å². The highest BCUT2D eigenvalue weighted by atomic mass is 14.4. The molecular formula is C12H26. The van der Waals surface area contributed by atoms with E-state index in [4.69, 9.17) is 0 Å². The maximum atomic E-state index is 2.40. The van der Waals surface area contributed by atoms with Gasteiger partial charge in [0.2, 0.25) is 0 Å². The lowest BCUT2D eigenvalue weighted by Gasteiger charge is -2.40. The molecule has 0 aliphatic heterocycles. The summed E-state index contributed by atoms with van der Waals surface area (Å²) in [6, 6.07) is 0. The van der Waals surface area contributed by atoms with Crippen LogP contribution >= 0.6 is 0 Å². The van der Waals surface area contributed by atoms with E-state index in [0.717, 1.165) is 0 Å². The third kappa shape index (κ3) is 4.13. The van der Waals surface area contributed by atoms with Crippen molar-refractivity contribution in [3.8, 4) is 0 Å². The highest BCUT2D eigenvalue weighted by Gasteiger charge is 2.32. The monoisotopic (exact) mass is 170 g/mol. The normalized spacial score (nSPS) is 25.5. The third-order valence-electron chi connectivity index (χ3n) is 2.66. The van der Waals surface area contributed by atoms with Gasteiger partial charge in [-0.05, 0) is 30.1 Å². The zero-order valence-electron chi connectivity index (χ0n) is 9.83. The van der Waals surface area contributed by atoms with Crippen molar-refractivity contribution in [2.45, 2.75) is 67.2 Å². The van der Waals surface area contributed by atoms with Gasteiger partial charge in [-0.3, -0.25) is 0 Å². The number of hydrogen-bond acceptors (Lipinski definition) is 0. The molecule has 0 atom stereocenters. The molecule has 0 aromatic rings. The van der Waals surface area contributed by atoms with Crippen molar-refractivity contribution >= 4 is 0 Å². The van der Waals surface area contributed by atoms with Gasteiger partial charge in [-0.1, -0.05) is 48.0 Å². The van der Waals surface area contributed by atoms with Gasteiger partial charge >= 0.3 is 0 Å². The van der Waals surface area contributed by atoms with E-state index in [1.807, 2.05) is 13.8 Å². The van der Waals surface area contributed by atoms with Gasteiger partial charge in [0.15, 0.2) is 0 Å². The lowest BCUT2D eigenvalue weighted by atomic mass is 9.65. The van der Waals surface area contributed by atoms with Crippen molar-refractivity contribution in [3.63, 3.8) is 0 Å². The summed E-state index contributed by atoms with van der Waals surface area (Å²) >= 11 is 0. The fourth-order valence-electron chi connectivity index (χ4n) is 2.52. The average Bonchev–Trinajstić information content (AvgIpc) is 1.86. The highest BCUT2D eigenvalue weighted by molar-refractivity contribution is 4.84. The van der Waals surface area contributed by atoms with Crippen molar-refractivity contribution < 1.29 is 0 Å². The minimum Gasteiger partial charge on any atom is -0.0683 e. The summed E-state index contributed by atoms with van der Waals surface area (Å²) in [6.07, 6.45) is 5.69. The first kappa shape index (κ1) is 12.0. The zero-order valence-corrected chi connectivity index (χ0v) is 9.83. The first-order valence-electron chi connectivity index (χ1n) is 5.41. The molecule has 0 amide bonds. The van der Waals surface area contributed by atoms with Crippen molar-refractivity contribution in [2.75, 3.05) is 0 Å². The Hall–Kier alpha value is 0. The van der Waals surface area contributed by atoms with Crippen LogP contribution in [0.1, 0.15) is 67.2 Å². The molecule has 74 valence electrons. The average molecular weight is 170 g/mol. The van der Waals surface area contributed by atoms with Crippen LogP contribution in [0.2, 0.25) is 0 Å². The molecule has 0 spiro atoms. The van der Waals surface area contributed by atoms with E-state index in [0.29, 0.717) is 10.8 Å². The van der Waals surface area contributed by atoms with Crippen LogP contribution in [0, 0.1) is 10.8 Å². The summed E-state index contributed by atoms with van der Waals surface area (Å²) < 4.78 is 0. The Morgan fingerprint density at radius 3 is 1.25 bits per heavy atom. The first-order chi connectivity index (χ1) is 5.41. The Morgan fingerprint density at radius 2 is 1.08 bits per heavy atom. The van der Waals surface area contributed by atoms with Gasteiger partial charge in [-0.25, -0.2) is 0 Å². The van der Waals surface area contributed by atoms with Crippen molar-refractivity contribution in [3.05, 3.63) is 0 Å². The fraction of sp³-hybridized carbons (Fsp3) is 1.00. The van der Waals surface area contributed by atoms with Gasteiger partial charge in [-0.15, -0.1) is 0 Å². The molecule has 0 unspecified atom stereocenters. The SMILES string of the molecule is CC.CC1(C)CCCC(C)(C)C1. The fourth-order valence-corrected chi connectivity index (χ4v) is 2.52. The van der Waals surface area contributed by atoms with Crippen LogP contribution in [0.4, 0.5) is 0 Å². The summed E-state index contributed by atoms with van der Waals surface area (Å²) in [5.41, 5.74) is 1.23. The molecule has 1 aliphatic rings. The minimum atomic E-state index is 0.613. The van der Waals surface area contributed by atoms with Gasteiger partial charge < -0.3 is 0 Å². The lowest BCUT2D eigenvalue weighted by Crippen LogP contribution is -2.28. The molecule has 1 aliphatic carbocycles. The smallest absolute Gasteiger partial charge is 0.0349 e. The molecule has 0 radical (unpaired) electrons. The van der Waals surface area contributed by atoms with E-state index < -0.39 is 0 Å².